The molecular formula is C14H11ClN2OS. The number of hydrogen-bond acceptors (Lipinski definition) is 2. The van der Waals surface area contributed by atoms with E-state index in [9.17, 15) is 4.79 Å². The first-order valence-corrected chi connectivity index (χ1v) is 6.32. The number of halogens is 1. The highest BCUT2D eigenvalue weighted by molar-refractivity contribution is 7.80. The van der Waals surface area contributed by atoms with Crippen molar-refractivity contribution in [3.05, 3.63) is 64.7 Å². The standard InChI is InChI=1S/C14H11ClN2OS/c15-11-3-1-2-4-12(11)17-14(18)10-7-5-9(6-8-10)13(16)19/h1-8H,(H2,16,19)(H,17,18). The second-order valence-corrected chi connectivity index (χ2v) is 4.72. The van der Waals surface area contributed by atoms with Crippen LogP contribution in [0, 0.1) is 0 Å². The van der Waals surface area contributed by atoms with E-state index in [4.69, 9.17) is 29.6 Å². The number of carbonyl (C=O) groups excluding carboxylic acids is 1. The van der Waals surface area contributed by atoms with Gasteiger partial charge in [0.1, 0.15) is 4.99 Å². The van der Waals surface area contributed by atoms with Crippen LogP contribution in [0.3, 0.4) is 0 Å². The maximum absolute atomic E-state index is 12.0. The molecule has 19 heavy (non-hydrogen) atoms. The number of thiocarbonyl (C=S) groups is 1. The van der Waals surface area contributed by atoms with E-state index in [0.717, 1.165) is 5.56 Å². The molecule has 0 spiro atoms. The van der Waals surface area contributed by atoms with Crippen molar-refractivity contribution in [2.75, 3.05) is 5.32 Å². The minimum absolute atomic E-state index is 0.234. The van der Waals surface area contributed by atoms with E-state index >= 15 is 0 Å². The monoisotopic (exact) mass is 290 g/mol. The van der Waals surface area contributed by atoms with Crippen LogP contribution in [-0.2, 0) is 0 Å². The first-order valence-electron chi connectivity index (χ1n) is 5.53. The first-order chi connectivity index (χ1) is 9.08. The van der Waals surface area contributed by atoms with Gasteiger partial charge in [0.25, 0.3) is 5.91 Å². The van der Waals surface area contributed by atoms with Crippen LogP contribution in [0.15, 0.2) is 48.5 Å². The lowest BCUT2D eigenvalue weighted by Crippen LogP contribution is -2.13. The van der Waals surface area contributed by atoms with Gasteiger partial charge in [-0.15, -0.1) is 0 Å². The fourth-order valence-electron chi connectivity index (χ4n) is 1.54. The normalized spacial score (nSPS) is 9.95. The van der Waals surface area contributed by atoms with E-state index in [1.54, 1.807) is 48.5 Å². The van der Waals surface area contributed by atoms with Gasteiger partial charge in [-0.25, -0.2) is 0 Å². The molecule has 2 aromatic carbocycles. The van der Waals surface area contributed by atoms with Gasteiger partial charge in [-0.1, -0.05) is 48.1 Å². The van der Waals surface area contributed by atoms with Gasteiger partial charge in [-0.2, -0.15) is 0 Å². The molecule has 0 saturated heterocycles. The predicted molar refractivity (Wildman–Crippen MR) is 81.7 cm³/mol. The average Bonchev–Trinajstić information content (AvgIpc) is 2.41. The summed E-state index contributed by atoms with van der Waals surface area (Å²) in [6, 6.07) is 13.8. The molecule has 96 valence electrons. The minimum atomic E-state index is -0.234. The Labute approximate surface area is 121 Å². The number of anilines is 1. The van der Waals surface area contributed by atoms with Crippen molar-refractivity contribution in [1.29, 1.82) is 0 Å². The molecule has 0 heterocycles. The molecule has 5 heteroatoms. The van der Waals surface area contributed by atoms with E-state index in [0.29, 0.717) is 21.3 Å². The molecule has 1 amide bonds. The van der Waals surface area contributed by atoms with Crippen molar-refractivity contribution in [2.45, 2.75) is 0 Å². The minimum Gasteiger partial charge on any atom is -0.389 e. The number of hydrogen-bond donors (Lipinski definition) is 2. The second kappa shape index (κ2) is 5.82. The summed E-state index contributed by atoms with van der Waals surface area (Å²) in [5, 5.41) is 3.24. The summed E-state index contributed by atoms with van der Waals surface area (Å²) in [5.41, 5.74) is 7.31. The molecular weight excluding hydrogens is 280 g/mol. The Morgan fingerprint density at radius 2 is 1.63 bits per heavy atom. The Morgan fingerprint density at radius 1 is 1.05 bits per heavy atom. The Bertz CT molecular complexity index is 626. The smallest absolute Gasteiger partial charge is 0.255 e. The van der Waals surface area contributed by atoms with Gasteiger partial charge in [0.15, 0.2) is 0 Å². The fourth-order valence-corrected chi connectivity index (χ4v) is 1.86. The SMILES string of the molecule is NC(=S)c1ccc(C(=O)Nc2ccccc2Cl)cc1. The van der Waals surface area contributed by atoms with Gasteiger partial charge in [0.2, 0.25) is 0 Å². The highest BCUT2D eigenvalue weighted by atomic mass is 35.5. The van der Waals surface area contributed by atoms with Gasteiger partial charge in [0, 0.05) is 11.1 Å². The van der Waals surface area contributed by atoms with Gasteiger partial charge < -0.3 is 11.1 Å². The van der Waals surface area contributed by atoms with Crippen LogP contribution in [0.25, 0.3) is 0 Å². The third-order valence-electron chi connectivity index (χ3n) is 2.55. The van der Waals surface area contributed by atoms with Gasteiger partial charge in [0.05, 0.1) is 10.7 Å². The highest BCUT2D eigenvalue weighted by Gasteiger charge is 2.08. The van der Waals surface area contributed by atoms with Crippen LogP contribution in [0.2, 0.25) is 5.02 Å². The molecule has 0 bridgehead atoms. The second-order valence-electron chi connectivity index (χ2n) is 3.88. The first kappa shape index (κ1) is 13.5. The van der Waals surface area contributed by atoms with Crippen LogP contribution in [0.1, 0.15) is 15.9 Å². The fraction of sp³-hybridized carbons (Fsp3) is 0. The molecule has 0 aliphatic heterocycles. The van der Waals surface area contributed by atoms with Crippen molar-refractivity contribution in [3.63, 3.8) is 0 Å². The number of para-hydroxylation sites is 1. The van der Waals surface area contributed by atoms with Gasteiger partial charge in [-0.05, 0) is 24.3 Å². The molecule has 0 unspecified atom stereocenters. The summed E-state index contributed by atoms with van der Waals surface area (Å²) in [6.07, 6.45) is 0. The van der Waals surface area contributed by atoms with Crippen LogP contribution in [0.5, 0.6) is 0 Å². The van der Waals surface area contributed by atoms with E-state index in [2.05, 4.69) is 5.32 Å². The summed E-state index contributed by atoms with van der Waals surface area (Å²) in [7, 11) is 0. The van der Waals surface area contributed by atoms with Crippen LogP contribution >= 0.6 is 23.8 Å². The molecule has 2 rings (SSSR count). The van der Waals surface area contributed by atoms with Crippen molar-refractivity contribution >= 4 is 40.4 Å². The molecule has 0 fully saturated rings. The van der Waals surface area contributed by atoms with Crippen LogP contribution in [0.4, 0.5) is 5.69 Å². The Morgan fingerprint density at radius 3 is 2.21 bits per heavy atom. The van der Waals surface area contributed by atoms with Crippen molar-refractivity contribution in [1.82, 2.24) is 0 Å². The number of carbonyl (C=O) groups is 1. The van der Waals surface area contributed by atoms with E-state index in [1.807, 2.05) is 0 Å². The number of amides is 1. The molecule has 0 aliphatic rings. The van der Waals surface area contributed by atoms with Crippen molar-refractivity contribution < 1.29 is 4.79 Å². The number of nitrogens with one attached hydrogen (secondary N) is 1. The molecule has 2 aromatic rings. The van der Waals surface area contributed by atoms with Crippen LogP contribution < -0.4 is 11.1 Å². The zero-order valence-corrected chi connectivity index (χ0v) is 11.5. The highest BCUT2D eigenvalue weighted by Crippen LogP contribution is 2.21. The summed E-state index contributed by atoms with van der Waals surface area (Å²) in [4.78, 5) is 12.3. The summed E-state index contributed by atoms with van der Waals surface area (Å²) in [5.74, 6) is -0.234. The molecule has 3 nitrogen and oxygen atoms in total. The summed E-state index contributed by atoms with van der Waals surface area (Å²) in [6.45, 7) is 0. The maximum Gasteiger partial charge on any atom is 0.255 e. The lowest BCUT2D eigenvalue weighted by Gasteiger charge is -2.07. The molecule has 0 atom stereocenters. The summed E-state index contributed by atoms with van der Waals surface area (Å²) < 4.78 is 0. The Balaban J connectivity index is 2.16. The average molecular weight is 291 g/mol. The predicted octanol–water partition coefficient (Wildman–Crippen LogP) is 3.23. The number of benzene rings is 2. The third-order valence-corrected chi connectivity index (χ3v) is 3.12. The van der Waals surface area contributed by atoms with E-state index in [-0.39, 0.29) is 5.91 Å². The Kier molecular flexibility index (Phi) is 4.14. The molecule has 0 saturated carbocycles. The largest absolute Gasteiger partial charge is 0.389 e. The maximum atomic E-state index is 12.0. The third kappa shape index (κ3) is 3.30. The molecule has 3 N–H and O–H groups in total. The van der Waals surface area contributed by atoms with Crippen molar-refractivity contribution in [2.24, 2.45) is 5.73 Å². The van der Waals surface area contributed by atoms with E-state index < -0.39 is 0 Å². The lowest BCUT2D eigenvalue weighted by atomic mass is 10.1. The zero-order valence-electron chi connectivity index (χ0n) is 9.89. The Hall–Kier alpha value is -1.91. The summed E-state index contributed by atoms with van der Waals surface area (Å²) >= 11 is 10.8. The molecule has 0 radical (unpaired) electrons. The number of rotatable bonds is 3. The van der Waals surface area contributed by atoms with Crippen LogP contribution in [-0.4, -0.2) is 10.9 Å². The topological polar surface area (TPSA) is 55.1 Å². The lowest BCUT2D eigenvalue weighted by molar-refractivity contribution is 0.102. The quantitative estimate of drug-likeness (QED) is 0.853. The van der Waals surface area contributed by atoms with Gasteiger partial charge in [-0.3, -0.25) is 4.79 Å². The molecule has 0 aliphatic carbocycles. The van der Waals surface area contributed by atoms with Gasteiger partial charge >= 0.3 is 0 Å². The van der Waals surface area contributed by atoms with E-state index in [1.165, 1.54) is 0 Å². The zero-order chi connectivity index (χ0) is 13.8. The van der Waals surface area contributed by atoms with Crippen molar-refractivity contribution in [3.8, 4) is 0 Å². The molecule has 0 aromatic heterocycles. The number of nitrogens with two attached hydrogens (primary N) is 1.